The number of methoxy groups -OCH3 is 1. The normalized spacial score (nSPS) is 12.9. The lowest BCUT2D eigenvalue weighted by molar-refractivity contribution is -0.141. The molecule has 0 atom stereocenters. The highest BCUT2D eigenvalue weighted by Gasteiger charge is 2.34. The molecule has 0 fully saturated rings. The van der Waals surface area contributed by atoms with Gasteiger partial charge >= 0.3 is 6.18 Å². The van der Waals surface area contributed by atoms with E-state index in [1.165, 1.54) is 12.4 Å². The predicted molar refractivity (Wildman–Crippen MR) is 67.6 cm³/mol. The van der Waals surface area contributed by atoms with Crippen molar-refractivity contribution in [2.24, 2.45) is 0 Å². The van der Waals surface area contributed by atoms with Gasteiger partial charge in [0.25, 0.3) is 0 Å². The molecule has 2 heterocycles. The highest BCUT2D eigenvalue weighted by molar-refractivity contribution is 5.68. The lowest BCUT2D eigenvalue weighted by Gasteiger charge is -2.26. The van der Waals surface area contributed by atoms with E-state index in [9.17, 15) is 13.2 Å². The zero-order valence-corrected chi connectivity index (χ0v) is 11.3. The summed E-state index contributed by atoms with van der Waals surface area (Å²) in [7, 11) is 1.55. The van der Waals surface area contributed by atoms with Crippen LogP contribution in [-0.2, 0) is 10.9 Å². The summed E-state index contributed by atoms with van der Waals surface area (Å²) in [6.07, 6.45) is -1.71. The smallest absolute Gasteiger partial charge is 0.382 e. The highest BCUT2D eigenvalue weighted by atomic mass is 19.4. The number of rotatable bonds is 4. The Balaban J connectivity index is 2.42. The first-order chi connectivity index (χ1) is 9.23. The van der Waals surface area contributed by atoms with Crippen LogP contribution >= 0.6 is 0 Å². The van der Waals surface area contributed by atoms with E-state index < -0.39 is 17.4 Å². The van der Waals surface area contributed by atoms with Gasteiger partial charge in [-0.1, -0.05) is 0 Å². The molecule has 0 unspecified atom stereocenters. The Morgan fingerprint density at radius 2 is 2.05 bits per heavy atom. The Hall–Kier alpha value is -1.83. The van der Waals surface area contributed by atoms with Crippen molar-refractivity contribution in [3.05, 3.63) is 24.2 Å². The van der Waals surface area contributed by atoms with Crippen molar-refractivity contribution in [3.8, 4) is 0 Å². The molecule has 2 aromatic rings. The number of anilines is 1. The first-order valence-corrected chi connectivity index (χ1v) is 5.92. The summed E-state index contributed by atoms with van der Waals surface area (Å²) in [6.45, 7) is 4.11. The monoisotopic (exact) mass is 288 g/mol. The lowest BCUT2D eigenvalue weighted by atomic mass is 10.1. The van der Waals surface area contributed by atoms with Gasteiger partial charge in [0.15, 0.2) is 11.5 Å². The Morgan fingerprint density at radius 1 is 1.35 bits per heavy atom. The number of nitrogens with one attached hydrogen (secondary N) is 1. The number of fused-ring (bicyclic) bond motifs is 1. The number of hydrogen-bond donors (Lipinski definition) is 1. The summed E-state index contributed by atoms with van der Waals surface area (Å²) in [6, 6.07) is 0.970. The zero-order chi connectivity index (χ0) is 15.0. The molecule has 0 radical (unpaired) electrons. The van der Waals surface area contributed by atoms with Crippen molar-refractivity contribution in [1.82, 2.24) is 14.6 Å². The minimum absolute atomic E-state index is 0.268. The molecule has 0 spiro atoms. The van der Waals surface area contributed by atoms with Gasteiger partial charge in [-0.15, -0.1) is 0 Å². The number of ether oxygens (including phenoxy) is 1. The summed E-state index contributed by atoms with van der Waals surface area (Å²) in [5.41, 5.74) is -1.14. The zero-order valence-electron chi connectivity index (χ0n) is 11.3. The summed E-state index contributed by atoms with van der Waals surface area (Å²) < 4.78 is 44.3. The number of nitrogens with zero attached hydrogens (tertiary/aromatic N) is 3. The van der Waals surface area contributed by atoms with E-state index in [-0.39, 0.29) is 5.52 Å². The van der Waals surface area contributed by atoms with E-state index in [1.807, 2.05) is 13.8 Å². The maximum atomic E-state index is 12.7. The fourth-order valence-electron chi connectivity index (χ4n) is 1.87. The van der Waals surface area contributed by atoms with Gasteiger partial charge in [-0.2, -0.15) is 18.3 Å². The SMILES string of the molecule is COCC(C)(C)Nc1nccn2nc(C(F)(F)F)cc12. The molecule has 0 bridgehead atoms. The molecule has 1 N–H and O–H groups in total. The third-order valence-electron chi connectivity index (χ3n) is 2.64. The Morgan fingerprint density at radius 3 is 2.65 bits per heavy atom. The number of halogens is 3. The van der Waals surface area contributed by atoms with Crippen molar-refractivity contribution in [3.63, 3.8) is 0 Å². The molecule has 20 heavy (non-hydrogen) atoms. The van der Waals surface area contributed by atoms with Gasteiger partial charge in [0.1, 0.15) is 5.52 Å². The van der Waals surface area contributed by atoms with Crippen molar-refractivity contribution < 1.29 is 17.9 Å². The Bertz CT molecular complexity index is 606. The Kier molecular flexibility index (Phi) is 3.59. The molecule has 8 heteroatoms. The van der Waals surface area contributed by atoms with E-state index in [4.69, 9.17) is 4.74 Å². The Labute approximate surface area is 113 Å². The number of hydrogen-bond acceptors (Lipinski definition) is 4. The molecule has 0 aliphatic carbocycles. The van der Waals surface area contributed by atoms with Gasteiger partial charge in [0.2, 0.25) is 0 Å². The van der Waals surface area contributed by atoms with Crippen molar-refractivity contribution in [2.45, 2.75) is 25.6 Å². The minimum atomic E-state index is -4.48. The molecule has 2 rings (SSSR count). The largest absolute Gasteiger partial charge is 0.435 e. The van der Waals surface area contributed by atoms with Crippen LogP contribution in [0.3, 0.4) is 0 Å². The van der Waals surface area contributed by atoms with Crippen LogP contribution < -0.4 is 5.32 Å². The molecule has 0 aromatic carbocycles. The van der Waals surface area contributed by atoms with Crippen LogP contribution in [0.25, 0.3) is 5.52 Å². The molecular weight excluding hydrogens is 273 g/mol. The van der Waals surface area contributed by atoms with Crippen molar-refractivity contribution in [1.29, 1.82) is 0 Å². The summed E-state index contributed by atoms with van der Waals surface area (Å²) in [5, 5.41) is 6.56. The van der Waals surface area contributed by atoms with E-state index in [0.717, 1.165) is 10.6 Å². The molecule has 5 nitrogen and oxygen atoms in total. The number of aromatic nitrogens is 3. The summed E-state index contributed by atoms with van der Waals surface area (Å²) >= 11 is 0. The third kappa shape index (κ3) is 3.01. The summed E-state index contributed by atoms with van der Waals surface area (Å²) in [4.78, 5) is 4.07. The standard InChI is InChI=1S/C12H15F3N4O/c1-11(2,7-20-3)17-10-8-6-9(12(13,14)15)18-19(8)5-4-16-10/h4-6H,7H2,1-3H3,(H,16,17). The van der Waals surface area contributed by atoms with Crippen LogP contribution in [0.5, 0.6) is 0 Å². The van der Waals surface area contributed by atoms with E-state index in [1.54, 1.807) is 7.11 Å². The van der Waals surface area contributed by atoms with Crippen molar-refractivity contribution >= 4 is 11.3 Å². The topological polar surface area (TPSA) is 51.5 Å². The molecule has 0 amide bonds. The van der Waals surface area contributed by atoms with Gasteiger partial charge < -0.3 is 10.1 Å². The second-order valence-corrected chi connectivity index (χ2v) is 5.07. The van der Waals surface area contributed by atoms with Crippen LogP contribution in [0.4, 0.5) is 19.0 Å². The van der Waals surface area contributed by atoms with Gasteiger partial charge in [-0.25, -0.2) is 9.50 Å². The van der Waals surface area contributed by atoms with E-state index in [2.05, 4.69) is 15.4 Å². The molecule has 0 aliphatic rings. The highest BCUT2D eigenvalue weighted by Crippen LogP contribution is 2.30. The first kappa shape index (κ1) is 14.6. The van der Waals surface area contributed by atoms with E-state index >= 15 is 0 Å². The first-order valence-electron chi connectivity index (χ1n) is 5.92. The second-order valence-electron chi connectivity index (χ2n) is 5.07. The average Bonchev–Trinajstić information content (AvgIpc) is 2.72. The third-order valence-corrected chi connectivity index (χ3v) is 2.64. The van der Waals surface area contributed by atoms with Gasteiger partial charge in [-0.3, -0.25) is 0 Å². The van der Waals surface area contributed by atoms with Gasteiger partial charge in [-0.05, 0) is 13.8 Å². The quantitative estimate of drug-likeness (QED) is 0.939. The van der Waals surface area contributed by atoms with Crippen LogP contribution in [-0.4, -0.2) is 33.9 Å². The number of alkyl halides is 3. The minimum Gasteiger partial charge on any atom is -0.382 e. The maximum absolute atomic E-state index is 12.7. The summed E-state index contributed by atoms with van der Waals surface area (Å²) in [5.74, 6) is 0.331. The van der Waals surface area contributed by atoms with Gasteiger partial charge in [0.05, 0.1) is 12.1 Å². The molecule has 0 saturated heterocycles. The van der Waals surface area contributed by atoms with Crippen LogP contribution in [0.2, 0.25) is 0 Å². The second kappa shape index (κ2) is 4.93. The fraction of sp³-hybridized carbons (Fsp3) is 0.500. The maximum Gasteiger partial charge on any atom is 0.435 e. The van der Waals surface area contributed by atoms with Crippen LogP contribution in [0.1, 0.15) is 19.5 Å². The molecular formula is C12H15F3N4O. The fourth-order valence-corrected chi connectivity index (χ4v) is 1.87. The lowest BCUT2D eigenvalue weighted by Crippen LogP contribution is -2.36. The molecule has 0 saturated carbocycles. The molecule has 110 valence electrons. The van der Waals surface area contributed by atoms with Crippen LogP contribution in [0, 0.1) is 0 Å². The van der Waals surface area contributed by atoms with Crippen LogP contribution in [0.15, 0.2) is 18.5 Å². The average molecular weight is 288 g/mol. The predicted octanol–water partition coefficient (Wildman–Crippen LogP) is 2.59. The van der Waals surface area contributed by atoms with Gasteiger partial charge in [0, 0.05) is 25.6 Å². The molecule has 0 aliphatic heterocycles. The van der Waals surface area contributed by atoms with E-state index in [0.29, 0.717) is 12.4 Å². The molecule has 2 aromatic heterocycles. The van der Waals surface area contributed by atoms with Crippen molar-refractivity contribution in [2.75, 3.05) is 19.0 Å².